The van der Waals surface area contributed by atoms with Crippen molar-refractivity contribution in [2.45, 2.75) is 6.04 Å². The Morgan fingerprint density at radius 1 is 1.03 bits per heavy atom. The lowest BCUT2D eigenvalue weighted by Gasteiger charge is -2.38. The zero-order valence-electron chi connectivity index (χ0n) is 18.5. The number of amides is 1. The fourth-order valence-corrected chi connectivity index (χ4v) is 3.88. The first-order valence-corrected chi connectivity index (χ1v) is 10.1. The Morgan fingerprint density at radius 3 is 2.17 bits per heavy atom. The maximum Gasteiger partial charge on any atom is 0.251 e. The van der Waals surface area contributed by atoms with Crippen molar-refractivity contribution >= 4 is 5.91 Å². The average molecular weight is 417 g/mol. The number of carbonyl (C=O) groups is 1. The highest BCUT2D eigenvalue weighted by molar-refractivity contribution is 5.95. The molecule has 1 N–H and O–H groups in total. The molecule has 1 aliphatic heterocycles. The molecular weight excluding hydrogens is 384 g/mol. The number of carbonyl (C=O) groups excluding carboxylic acids is 1. The maximum absolute atomic E-state index is 13.0. The summed E-state index contributed by atoms with van der Waals surface area (Å²) < 4.78 is 18.2. The van der Waals surface area contributed by atoms with Gasteiger partial charge >= 0.3 is 0 Å². The molecule has 1 aromatic carbocycles. The summed E-state index contributed by atoms with van der Waals surface area (Å²) in [6.45, 7) is 4.47. The Bertz CT molecular complexity index is 834. The second kappa shape index (κ2) is 9.86. The summed E-state index contributed by atoms with van der Waals surface area (Å²) in [6.07, 6.45) is 2.04. The van der Waals surface area contributed by atoms with Crippen molar-refractivity contribution in [1.82, 2.24) is 19.7 Å². The van der Waals surface area contributed by atoms with Crippen LogP contribution in [0.25, 0.3) is 0 Å². The summed E-state index contributed by atoms with van der Waals surface area (Å²) in [5.74, 6) is 1.21. The third kappa shape index (κ3) is 4.71. The fraction of sp³-hybridized carbons (Fsp3) is 0.500. The van der Waals surface area contributed by atoms with E-state index in [2.05, 4.69) is 32.8 Å². The number of nitrogens with one attached hydrogen (secondary N) is 1. The number of hydrogen-bond donors (Lipinski definition) is 1. The molecule has 0 aliphatic carbocycles. The van der Waals surface area contributed by atoms with Gasteiger partial charge in [0, 0.05) is 57.2 Å². The van der Waals surface area contributed by atoms with Crippen LogP contribution in [0.1, 0.15) is 22.1 Å². The Labute approximate surface area is 178 Å². The van der Waals surface area contributed by atoms with Crippen LogP contribution in [0.2, 0.25) is 0 Å². The van der Waals surface area contributed by atoms with Gasteiger partial charge in [-0.3, -0.25) is 9.69 Å². The van der Waals surface area contributed by atoms with Gasteiger partial charge in [0.1, 0.15) is 0 Å². The van der Waals surface area contributed by atoms with Crippen molar-refractivity contribution in [3.8, 4) is 17.2 Å². The Kier molecular flexibility index (Phi) is 7.23. The van der Waals surface area contributed by atoms with E-state index in [1.807, 2.05) is 19.3 Å². The van der Waals surface area contributed by atoms with E-state index in [0.29, 0.717) is 29.4 Å². The van der Waals surface area contributed by atoms with Crippen molar-refractivity contribution in [1.29, 1.82) is 0 Å². The first-order valence-electron chi connectivity index (χ1n) is 10.1. The number of aryl methyl sites for hydroxylation is 1. The molecule has 1 saturated heterocycles. The third-order valence-electron chi connectivity index (χ3n) is 5.69. The van der Waals surface area contributed by atoms with Gasteiger partial charge in [-0.15, -0.1) is 0 Å². The van der Waals surface area contributed by atoms with E-state index in [0.717, 1.165) is 26.2 Å². The van der Waals surface area contributed by atoms with E-state index in [-0.39, 0.29) is 11.9 Å². The number of rotatable bonds is 8. The third-order valence-corrected chi connectivity index (χ3v) is 5.69. The molecule has 0 spiro atoms. The van der Waals surface area contributed by atoms with E-state index >= 15 is 0 Å². The molecule has 1 aliphatic rings. The molecule has 1 fully saturated rings. The van der Waals surface area contributed by atoms with Crippen molar-refractivity contribution in [3.05, 3.63) is 41.7 Å². The molecule has 0 bridgehead atoms. The molecule has 2 heterocycles. The topological polar surface area (TPSA) is 68.2 Å². The number of hydrogen-bond acceptors (Lipinski definition) is 6. The zero-order chi connectivity index (χ0) is 21.7. The first-order chi connectivity index (χ1) is 14.5. The number of nitrogens with zero attached hydrogens (tertiary/aromatic N) is 3. The van der Waals surface area contributed by atoms with Gasteiger partial charge in [0.2, 0.25) is 5.75 Å². The molecule has 8 heteroatoms. The van der Waals surface area contributed by atoms with Gasteiger partial charge in [-0.05, 0) is 31.3 Å². The van der Waals surface area contributed by atoms with Crippen LogP contribution in [0, 0.1) is 0 Å². The number of likely N-dealkylation sites (N-methyl/N-ethyl adjacent to an activating group) is 1. The molecule has 0 saturated carbocycles. The molecule has 30 heavy (non-hydrogen) atoms. The molecule has 1 aromatic heterocycles. The molecule has 8 nitrogen and oxygen atoms in total. The van der Waals surface area contributed by atoms with E-state index in [1.165, 1.54) is 19.9 Å². The zero-order valence-corrected chi connectivity index (χ0v) is 18.5. The second-order valence-electron chi connectivity index (χ2n) is 7.52. The van der Waals surface area contributed by atoms with Crippen LogP contribution in [0.3, 0.4) is 0 Å². The van der Waals surface area contributed by atoms with Crippen molar-refractivity contribution in [2.24, 2.45) is 7.05 Å². The largest absolute Gasteiger partial charge is 0.493 e. The van der Waals surface area contributed by atoms with Crippen LogP contribution in [0.4, 0.5) is 0 Å². The summed E-state index contributed by atoms with van der Waals surface area (Å²) in [5.41, 5.74) is 1.65. The maximum atomic E-state index is 13.0. The van der Waals surface area contributed by atoms with Gasteiger partial charge in [-0.25, -0.2) is 0 Å². The Morgan fingerprint density at radius 2 is 1.67 bits per heavy atom. The lowest BCUT2D eigenvalue weighted by Crippen LogP contribution is -2.48. The van der Waals surface area contributed by atoms with Crippen LogP contribution in [-0.2, 0) is 7.05 Å². The van der Waals surface area contributed by atoms with Gasteiger partial charge in [-0.1, -0.05) is 0 Å². The van der Waals surface area contributed by atoms with Crippen LogP contribution in [0.5, 0.6) is 17.2 Å². The fourth-order valence-electron chi connectivity index (χ4n) is 3.88. The Balaban J connectivity index is 1.78. The molecule has 164 valence electrons. The number of piperazine rings is 1. The van der Waals surface area contributed by atoms with Crippen LogP contribution in [0.15, 0.2) is 30.5 Å². The van der Waals surface area contributed by atoms with E-state index in [4.69, 9.17) is 14.2 Å². The highest BCUT2D eigenvalue weighted by Gasteiger charge is 2.26. The predicted octanol–water partition coefficient (Wildman–Crippen LogP) is 1.77. The first kappa shape index (κ1) is 22.0. The van der Waals surface area contributed by atoms with E-state index in [1.54, 1.807) is 19.2 Å². The van der Waals surface area contributed by atoms with Gasteiger partial charge in [-0.2, -0.15) is 0 Å². The lowest BCUT2D eigenvalue weighted by molar-refractivity contribution is 0.0876. The SMILES string of the molecule is COc1cc(C(=O)NC[C@H](c2cccn2C)N2CCN(C)CC2)cc(OC)c1OC. The predicted molar refractivity (Wildman–Crippen MR) is 116 cm³/mol. The molecule has 0 unspecified atom stereocenters. The number of benzene rings is 1. The minimum atomic E-state index is -0.178. The minimum Gasteiger partial charge on any atom is -0.493 e. The molecule has 2 aromatic rings. The second-order valence-corrected chi connectivity index (χ2v) is 7.52. The number of ether oxygens (including phenoxy) is 3. The van der Waals surface area contributed by atoms with Crippen LogP contribution < -0.4 is 19.5 Å². The standard InChI is InChI=1S/C22H32N4O4/c1-24-9-11-26(12-10-24)18(17-7-6-8-25(17)2)15-23-22(27)16-13-19(28-3)21(30-5)20(14-16)29-4/h6-8,13-14,18H,9-12,15H2,1-5H3,(H,23,27)/t18-/m1/s1. The molecule has 0 radical (unpaired) electrons. The summed E-state index contributed by atoms with van der Waals surface area (Å²) in [4.78, 5) is 17.7. The highest BCUT2D eigenvalue weighted by Crippen LogP contribution is 2.38. The monoisotopic (exact) mass is 416 g/mol. The quantitative estimate of drug-likeness (QED) is 0.708. The minimum absolute atomic E-state index is 0.102. The van der Waals surface area contributed by atoms with E-state index < -0.39 is 0 Å². The molecule has 1 atom stereocenters. The summed E-state index contributed by atoms with van der Waals surface area (Å²) in [5, 5.41) is 3.10. The smallest absolute Gasteiger partial charge is 0.251 e. The summed E-state index contributed by atoms with van der Waals surface area (Å²) >= 11 is 0. The number of aromatic nitrogens is 1. The van der Waals surface area contributed by atoms with Gasteiger partial charge < -0.3 is 29.0 Å². The number of methoxy groups -OCH3 is 3. The lowest BCUT2D eigenvalue weighted by atomic mass is 10.1. The highest BCUT2D eigenvalue weighted by atomic mass is 16.5. The van der Waals surface area contributed by atoms with Crippen molar-refractivity contribution in [2.75, 3.05) is 61.1 Å². The van der Waals surface area contributed by atoms with Gasteiger partial charge in [0.25, 0.3) is 5.91 Å². The van der Waals surface area contributed by atoms with Crippen LogP contribution in [-0.4, -0.2) is 81.4 Å². The van der Waals surface area contributed by atoms with Crippen LogP contribution >= 0.6 is 0 Å². The molecule has 1 amide bonds. The average Bonchev–Trinajstić information content (AvgIpc) is 3.19. The van der Waals surface area contributed by atoms with Gasteiger partial charge in [0.15, 0.2) is 11.5 Å². The summed E-state index contributed by atoms with van der Waals surface area (Å²) in [6, 6.07) is 7.60. The molecule has 3 rings (SSSR count). The summed E-state index contributed by atoms with van der Waals surface area (Å²) in [7, 11) is 8.80. The van der Waals surface area contributed by atoms with Crippen molar-refractivity contribution in [3.63, 3.8) is 0 Å². The Hall–Kier alpha value is -2.71. The molecular formula is C22H32N4O4. The van der Waals surface area contributed by atoms with E-state index in [9.17, 15) is 4.79 Å². The van der Waals surface area contributed by atoms with Crippen molar-refractivity contribution < 1.29 is 19.0 Å². The van der Waals surface area contributed by atoms with Gasteiger partial charge in [0.05, 0.1) is 27.4 Å². The normalized spacial score (nSPS) is 16.2.